The Morgan fingerprint density at radius 1 is 1.19 bits per heavy atom. The van der Waals surface area contributed by atoms with Gasteiger partial charge in [-0.15, -0.1) is 0 Å². The average molecular weight is 354 g/mol. The van der Waals surface area contributed by atoms with E-state index in [0.717, 1.165) is 17.7 Å². The van der Waals surface area contributed by atoms with Crippen molar-refractivity contribution < 1.29 is 19.1 Å². The fourth-order valence-electron chi connectivity index (χ4n) is 3.14. The van der Waals surface area contributed by atoms with Crippen molar-refractivity contribution in [1.82, 2.24) is 0 Å². The Balaban J connectivity index is 1.60. The number of oxime groups is 1. The van der Waals surface area contributed by atoms with Crippen LogP contribution in [-0.2, 0) is 16.1 Å². The minimum Gasteiger partial charge on any atom is -0.493 e. The van der Waals surface area contributed by atoms with Crippen LogP contribution in [0.4, 0.5) is 5.69 Å². The molecule has 0 unspecified atom stereocenters. The minimum atomic E-state index is -0.109. The van der Waals surface area contributed by atoms with Crippen LogP contribution in [-0.4, -0.2) is 39.0 Å². The van der Waals surface area contributed by atoms with E-state index >= 15 is 0 Å². The Morgan fingerprint density at radius 2 is 1.96 bits per heavy atom. The van der Waals surface area contributed by atoms with Crippen molar-refractivity contribution in [1.29, 1.82) is 0 Å². The van der Waals surface area contributed by atoms with Gasteiger partial charge >= 0.3 is 0 Å². The molecule has 0 aromatic heterocycles. The molecule has 3 rings (SSSR count). The van der Waals surface area contributed by atoms with Crippen LogP contribution in [0.2, 0.25) is 0 Å². The smallest absolute Gasteiger partial charge is 0.268 e. The second-order valence-electron chi connectivity index (χ2n) is 6.07. The zero-order valence-electron chi connectivity index (χ0n) is 15.1. The van der Waals surface area contributed by atoms with Crippen molar-refractivity contribution in [2.75, 3.05) is 25.7 Å². The number of rotatable bonds is 6. The fraction of sp³-hybridized carbons (Fsp3) is 0.300. The molecule has 6 nitrogen and oxygen atoms in total. The highest BCUT2D eigenvalue weighted by atomic mass is 16.6. The minimum absolute atomic E-state index is 0.105. The fourth-order valence-corrected chi connectivity index (χ4v) is 3.14. The lowest BCUT2D eigenvalue weighted by atomic mass is 10.1. The monoisotopic (exact) mass is 354 g/mol. The molecule has 0 saturated carbocycles. The molecule has 1 amide bonds. The second-order valence-corrected chi connectivity index (χ2v) is 6.07. The first kappa shape index (κ1) is 17.8. The lowest BCUT2D eigenvalue weighted by Crippen LogP contribution is -2.37. The van der Waals surface area contributed by atoms with Gasteiger partial charge in [-0.3, -0.25) is 4.79 Å². The van der Waals surface area contributed by atoms with Gasteiger partial charge in [-0.2, -0.15) is 0 Å². The van der Waals surface area contributed by atoms with Crippen molar-refractivity contribution in [3.63, 3.8) is 0 Å². The van der Waals surface area contributed by atoms with Gasteiger partial charge in [0.1, 0.15) is 0 Å². The van der Waals surface area contributed by atoms with E-state index in [2.05, 4.69) is 11.2 Å². The van der Waals surface area contributed by atoms with Crippen LogP contribution < -0.4 is 14.4 Å². The van der Waals surface area contributed by atoms with Crippen LogP contribution in [0, 0.1) is 0 Å². The lowest BCUT2D eigenvalue weighted by Gasteiger charge is -2.21. The zero-order valence-corrected chi connectivity index (χ0v) is 15.1. The van der Waals surface area contributed by atoms with Crippen molar-refractivity contribution in [2.24, 2.45) is 5.16 Å². The van der Waals surface area contributed by atoms with Crippen LogP contribution in [0.5, 0.6) is 11.5 Å². The van der Waals surface area contributed by atoms with E-state index in [1.165, 1.54) is 11.8 Å². The number of fused-ring (bicyclic) bond motifs is 1. The summed E-state index contributed by atoms with van der Waals surface area (Å²) in [4.78, 5) is 19.5. The van der Waals surface area contributed by atoms with Crippen LogP contribution in [0.25, 0.3) is 0 Å². The Labute approximate surface area is 153 Å². The number of hydrogen-bond donors (Lipinski definition) is 0. The highest BCUT2D eigenvalue weighted by Gasteiger charge is 2.30. The molecule has 26 heavy (non-hydrogen) atoms. The highest BCUT2D eigenvalue weighted by Crippen LogP contribution is 2.31. The van der Waals surface area contributed by atoms with Gasteiger partial charge in [0.15, 0.2) is 18.1 Å². The summed E-state index contributed by atoms with van der Waals surface area (Å²) in [5.74, 6) is 1.14. The number of methoxy groups -OCH3 is 2. The molecule has 6 heteroatoms. The third-order valence-corrected chi connectivity index (χ3v) is 4.35. The summed E-state index contributed by atoms with van der Waals surface area (Å²) in [5.41, 5.74) is 2.93. The predicted octanol–water partition coefficient (Wildman–Crippen LogP) is 3.03. The molecule has 0 bridgehead atoms. The summed E-state index contributed by atoms with van der Waals surface area (Å²) in [5, 5.41) is 3.90. The Bertz CT molecular complexity index is 819. The lowest BCUT2D eigenvalue weighted by molar-refractivity contribution is -0.123. The Hall–Kier alpha value is -3.02. The number of para-hydroxylation sites is 1. The molecule has 2 aromatic rings. The quantitative estimate of drug-likeness (QED) is 0.591. The molecule has 0 spiro atoms. The standard InChI is InChI=1S/C20H22N2O4/c1-14-10-16-6-4-5-7-17(16)22(14)20(23)13-26-21-12-15-8-9-18(24-2)19(11-15)25-3/h4-9,11-12,14H,10,13H2,1-3H3/b21-12-/t14-/m1/s1. The molecule has 136 valence electrons. The van der Waals surface area contributed by atoms with Gasteiger partial charge < -0.3 is 19.2 Å². The summed E-state index contributed by atoms with van der Waals surface area (Å²) < 4.78 is 10.4. The van der Waals surface area contributed by atoms with Crippen molar-refractivity contribution in [3.8, 4) is 11.5 Å². The van der Waals surface area contributed by atoms with Crippen LogP contribution in [0.15, 0.2) is 47.6 Å². The number of carbonyl (C=O) groups excluding carboxylic acids is 1. The van der Waals surface area contributed by atoms with Crippen molar-refractivity contribution >= 4 is 17.8 Å². The van der Waals surface area contributed by atoms with Gasteiger partial charge in [0.05, 0.1) is 20.4 Å². The molecule has 0 saturated heterocycles. The number of carbonyl (C=O) groups is 1. The molecule has 1 aliphatic rings. The van der Waals surface area contributed by atoms with Crippen molar-refractivity contribution in [2.45, 2.75) is 19.4 Å². The van der Waals surface area contributed by atoms with E-state index in [-0.39, 0.29) is 18.6 Å². The molecule has 1 heterocycles. The largest absolute Gasteiger partial charge is 0.493 e. The molecule has 0 fully saturated rings. The van der Waals surface area contributed by atoms with E-state index in [4.69, 9.17) is 14.3 Å². The van der Waals surface area contributed by atoms with E-state index in [1.54, 1.807) is 31.3 Å². The highest BCUT2D eigenvalue weighted by molar-refractivity contribution is 5.97. The second kappa shape index (κ2) is 7.91. The number of ether oxygens (including phenoxy) is 2. The average Bonchev–Trinajstić information content (AvgIpc) is 3.00. The topological polar surface area (TPSA) is 60.4 Å². The SMILES string of the molecule is COc1ccc(/C=N\OCC(=O)N2c3ccccc3C[C@H]2C)cc1OC. The number of amides is 1. The first-order chi connectivity index (χ1) is 12.6. The van der Waals surface area contributed by atoms with E-state index in [1.807, 2.05) is 31.2 Å². The third-order valence-electron chi connectivity index (χ3n) is 4.35. The van der Waals surface area contributed by atoms with Gasteiger partial charge in [0.2, 0.25) is 0 Å². The van der Waals surface area contributed by atoms with E-state index < -0.39 is 0 Å². The number of anilines is 1. The summed E-state index contributed by atoms with van der Waals surface area (Å²) >= 11 is 0. The van der Waals surface area contributed by atoms with Gasteiger partial charge in [-0.1, -0.05) is 23.4 Å². The van der Waals surface area contributed by atoms with E-state index in [9.17, 15) is 4.79 Å². The maximum absolute atomic E-state index is 12.5. The zero-order chi connectivity index (χ0) is 18.5. The molecule has 1 aliphatic heterocycles. The maximum Gasteiger partial charge on any atom is 0.268 e. The predicted molar refractivity (Wildman–Crippen MR) is 100 cm³/mol. The first-order valence-corrected chi connectivity index (χ1v) is 8.41. The summed E-state index contributed by atoms with van der Waals surface area (Å²) in [6.07, 6.45) is 2.40. The van der Waals surface area contributed by atoms with Gasteiger partial charge in [-0.05, 0) is 43.2 Å². The van der Waals surface area contributed by atoms with Crippen LogP contribution in [0.3, 0.4) is 0 Å². The normalized spacial score (nSPS) is 15.8. The maximum atomic E-state index is 12.5. The number of hydrogen-bond acceptors (Lipinski definition) is 5. The van der Waals surface area contributed by atoms with Gasteiger partial charge in [0, 0.05) is 17.3 Å². The summed E-state index contributed by atoms with van der Waals surface area (Å²) in [6.45, 7) is 1.92. The van der Waals surface area contributed by atoms with Crippen molar-refractivity contribution in [3.05, 3.63) is 53.6 Å². The molecule has 1 atom stereocenters. The third kappa shape index (κ3) is 3.64. The first-order valence-electron chi connectivity index (χ1n) is 8.41. The Kier molecular flexibility index (Phi) is 5.41. The Morgan fingerprint density at radius 3 is 2.73 bits per heavy atom. The van der Waals surface area contributed by atoms with Crippen LogP contribution >= 0.6 is 0 Å². The summed E-state index contributed by atoms with van der Waals surface area (Å²) in [7, 11) is 3.15. The number of nitrogens with zero attached hydrogens (tertiary/aromatic N) is 2. The molecular formula is C20H22N2O4. The number of benzene rings is 2. The molecule has 2 aromatic carbocycles. The molecule has 0 N–H and O–H groups in total. The van der Waals surface area contributed by atoms with Gasteiger partial charge in [0.25, 0.3) is 5.91 Å². The van der Waals surface area contributed by atoms with Gasteiger partial charge in [-0.25, -0.2) is 0 Å². The van der Waals surface area contributed by atoms with E-state index in [0.29, 0.717) is 11.5 Å². The molecular weight excluding hydrogens is 332 g/mol. The molecule has 0 aliphatic carbocycles. The summed E-state index contributed by atoms with van der Waals surface area (Å²) in [6, 6.07) is 13.5. The molecule has 0 radical (unpaired) electrons. The van der Waals surface area contributed by atoms with Crippen LogP contribution in [0.1, 0.15) is 18.1 Å².